The smallest absolute Gasteiger partial charge is 0.410 e. The molecule has 0 bridgehead atoms. The highest BCUT2D eigenvalue weighted by Gasteiger charge is 2.31. The van der Waals surface area contributed by atoms with Crippen LogP contribution in [0.1, 0.15) is 17.2 Å². The van der Waals surface area contributed by atoms with Gasteiger partial charge < -0.3 is 9.84 Å². The van der Waals surface area contributed by atoms with Crippen molar-refractivity contribution in [3.63, 3.8) is 0 Å². The van der Waals surface area contributed by atoms with Crippen LogP contribution >= 0.6 is 11.6 Å². The molecule has 1 unspecified atom stereocenters. The van der Waals surface area contributed by atoms with E-state index in [2.05, 4.69) is 0 Å². The molecule has 2 rings (SSSR count). The lowest BCUT2D eigenvalue weighted by molar-refractivity contribution is -0.142. The van der Waals surface area contributed by atoms with Crippen molar-refractivity contribution in [3.05, 3.63) is 70.5 Å². The van der Waals surface area contributed by atoms with E-state index in [9.17, 15) is 19.1 Å². The molecule has 0 aliphatic rings. The van der Waals surface area contributed by atoms with Gasteiger partial charge in [-0.25, -0.2) is 14.0 Å². The van der Waals surface area contributed by atoms with Gasteiger partial charge >= 0.3 is 12.1 Å². The minimum Gasteiger partial charge on any atom is -0.479 e. The molecular formula is C17H15ClFNO4. The van der Waals surface area contributed by atoms with Gasteiger partial charge in [0.15, 0.2) is 6.04 Å². The Morgan fingerprint density at radius 1 is 1.25 bits per heavy atom. The number of carbonyl (C=O) groups is 2. The second-order valence-corrected chi connectivity index (χ2v) is 5.46. The summed E-state index contributed by atoms with van der Waals surface area (Å²) in [5, 5.41) is 9.34. The molecule has 126 valence electrons. The molecule has 0 aliphatic carbocycles. The second-order valence-electron chi connectivity index (χ2n) is 5.06. The van der Waals surface area contributed by atoms with Crippen molar-refractivity contribution in [1.29, 1.82) is 0 Å². The van der Waals surface area contributed by atoms with Crippen molar-refractivity contribution in [2.24, 2.45) is 0 Å². The monoisotopic (exact) mass is 351 g/mol. The number of hydrogen-bond acceptors (Lipinski definition) is 3. The average Bonchev–Trinajstić information content (AvgIpc) is 2.55. The largest absolute Gasteiger partial charge is 0.479 e. The lowest BCUT2D eigenvalue weighted by Gasteiger charge is -2.25. The van der Waals surface area contributed by atoms with Crippen molar-refractivity contribution in [2.75, 3.05) is 7.05 Å². The van der Waals surface area contributed by atoms with Gasteiger partial charge in [-0.2, -0.15) is 0 Å². The zero-order valence-electron chi connectivity index (χ0n) is 12.8. The fourth-order valence-electron chi connectivity index (χ4n) is 2.16. The molecule has 1 atom stereocenters. The topological polar surface area (TPSA) is 66.8 Å². The number of nitrogens with zero attached hydrogens (tertiary/aromatic N) is 1. The number of benzene rings is 2. The molecule has 0 saturated carbocycles. The molecule has 5 nitrogen and oxygen atoms in total. The molecule has 2 aromatic rings. The van der Waals surface area contributed by atoms with Crippen LogP contribution < -0.4 is 0 Å². The zero-order valence-corrected chi connectivity index (χ0v) is 13.5. The van der Waals surface area contributed by atoms with Crippen LogP contribution in [0.3, 0.4) is 0 Å². The molecule has 0 aromatic heterocycles. The van der Waals surface area contributed by atoms with E-state index < -0.39 is 23.9 Å². The van der Waals surface area contributed by atoms with Gasteiger partial charge in [-0.3, -0.25) is 4.90 Å². The molecule has 1 N–H and O–H groups in total. The Morgan fingerprint density at radius 3 is 2.50 bits per heavy atom. The van der Waals surface area contributed by atoms with Crippen LogP contribution in [-0.4, -0.2) is 29.1 Å². The molecule has 0 radical (unpaired) electrons. The van der Waals surface area contributed by atoms with Crippen molar-refractivity contribution in [3.8, 4) is 0 Å². The number of halogens is 2. The standard InChI is InChI=1S/C17H15ClFNO4/c1-20(17(23)24-10-11-5-3-2-4-6-11)15(16(21)22)13-8-7-12(19)9-14(13)18/h2-9,15H,10H2,1H3,(H,21,22). The van der Waals surface area contributed by atoms with Crippen LogP contribution in [0.15, 0.2) is 48.5 Å². The minimum absolute atomic E-state index is 0.00744. The molecular weight excluding hydrogens is 337 g/mol. The van der Waals surface area contributed by atoms with E-state index in [4.69, 9.17) is 16.3 Å². The van der Waals surface area contributed by atoms with Crippen LogP contribution in [0.25, 0.3) is 0 Å². The summed E-state index contributed by atoms with van der Waals surface area (Å²) in [4.78, 5) is 24.6. The molecule has 0 spiro atoms. The van der Waals surface area contributed by atoms with Gasteiger partial charge in [0.1, 0.15) is 12.4 Å². The third kappa shape index (κ3) is 4.23. The number of carboxylic acid groups (broad SMARTS) is 1. The lowest BCUT2D eigenvalue weighted by Crippen LogP contribution is -2.36. The first-order chi connectivity index (χ1) is 11.4. The number of likely N-dealkylation sites (N-methyl/N-ethyl adjacent to an activating group) is 1. The van der Waals surface area contributed by atoms with Gasteiger partial charge in [-0.1, -0.05) is 48.0 Å². The van der Waals surface area contributed by atoms with Gasteiger partial charge in [-0.05, 0) is 17.7 Å². The van der Waals surface area contributed by atoms with Crippen molar-refractivity contribution < 1.29 is 23.8 Å². The lowest BCUT2D eigenvalue weighted by atomic mass is 10.1. The van der Waals surface area contributed by atoms with Gasteiger partial charge in [-0.15, -0.1) is 0 Å². The summed E-state index contributed by atoms with van der Waals surface area (Å²) in [6, 6.07) is 10.9. The molecule has 1 amide bonds. The highest BCUT2D eigenvalue weighted by molar-refractivity contribution is 6.31. The minimum atomic E-state index is -1.39. The van der Waals surface area contributed by atoms with E-state index >= 15 is 0 Å². The Labute approximate surface area is 143 Å². The van der Waals surface area contributed by atoms with E-state index in [0.717, 1.165) is 22.6 Å². The van der Waals surface area contributed by atoms with E-state index in [0.29, 0.717) is 0 Å². The van der Waals surface area contributed by atoms with Gasteiger partial charge in [0.25, 0.3) is 0 Å². The van der Waals surface area contributed by atoms with Crippen LogP contribution in [0.5, 0.6) is 0 Å². The molecule has 0 aliphatic heterocycles. The summed E-state index contributed by atoms with van der Waals surface area (Å²) in [6.07, 6.45) is -0.827. The number of aliphatic carboxylic acids is 1. The fraction of sp³-hybridized carbons (Fsp3) is 0.176. The average molecular weight is 352 g/mol. The van der Waals surface area contributed by atoms with E-state index in [1.165, 1.54) is 13.1 Å². The predicted molar refractivity (Wildman–Crippen MR) is 86.2 cm³/mol. The number of ether oxygens (including phenoxy) is 1. The van der Waals surface area contributed by atoms with Crippen LogP contribution in [0.4, 0.5) is 9.18 Å². The Kier molecular flexibility index (Phi) is 5.76. The van der Waals surface area contributed by atoms with Crippen molar-refractivity contribution in [1.82, 2.24) is 4.90 Å². The summed E-state index contributed by atoms with van der Waals surface area (Å²) in [7, 11) is 1.28. The summed E-state index contributed by atoms with van der Waals surface area (Å²) >= 11 is 5.91. The highest BCUT2D eigenvalue weighted by Crippen LogP contribution is 2.28. The van der Waals surface area contributed by atoms with Gasteiger partial charge in [0.2, 0.25) is 0 Å². The van der Waals surface area contributed by atoms with Crippen molar-refractivity contribution >= 4 is 23.7 Å². The number of rotatable bonds is 5. The number of amides is 1. The molecule has 0 fully saturated rings. The molecule has 0 heterocycles. The molecule has 24 heavy (non-hydrogen) atoms. The van der Waals surface area contributed by atoms with E-state index in [-0.39, 0.29) is 17.2 Å². The number of hydrogen-bond donors (Lipinski definition) is 1. The Bertz CT molecular complexity index is 739. The maximum absolute atomic E-state index is 13.1. The first-order valence-corrected chi connectivity index (χ1v) is 7.39. The second kappa shape index (κ2) is 7.79. The predicted octanol–water partition coefficient (Wildman–Crippen LogP) is 3.87. The quantitative estimate of drug-likeness (QED) is 0.887. The Morgan fingerprint density at radius 2 is 1.92 bits per heavy atom. The first kappa shape index (κ1) is 17.7. The SMILES string of the molecule is CN(C(=O)OCc1ccccc1)C(C(=O)O)c1ccc(F)cc1Cl. The molecule has 2 aromatic carbocycles. The summed E-state index contributed by atoms with van der Waals surface area (Å²) in [6.45, 7) is 0.00744. The molecule has 0 saturated heterocycles. The first-order valence-electron chi connectivity index (χ1n) is 7.01. The fourth-order valence-corrected chi connectivity index (χ4v) is 2.43. The third-order valence-electron chi connectivity index (χ3n) is 3.37. The highest BCUT2D eigenvalue weighted by atomic mass is 35.5. The van der Waals surface area contributed by atoms with Gasteiger partial charge in [0, 0.05) is 17.6 Å². The van der Waals surface area contributed by atoms with Crippen LogP contribution in [0, 0.1) is 5.82 Å². The van der Waals surface area contributed by atoms with E-state index in [1.54, 1.807) is 24.3 Å². The maximum atomic E-state index is 13.1. The maximum Gasteiger partial charge on any atom is 0.410 e. The zero-order chi connectivity index (χ0) is 17.7. The van der Waals surface area contributed by atoms with Crippen LogP contribution in [-0.2, 0) is 16.1 Å². The number of carbonyl (C=O) groups excluding carboxylic acids is 1. The normalized spacial score (nSPS) is 11.6. The summed E-state index contributed by atoms with van der Waals surface area (Å²) < 4.78 is 18.3. The van der Waals surface area contributed by atoms with E-state index in [1.807, 2.05) is 6.07 Å². The Balaban J connectivity index is 2.15. The molecule has 7 heteroatoms. The summed E-state index contributed by atoms with van der Waals surface area (Å²) in [5.41, 5.74) is 0.871. The summed E-state index contributed by atoms with van der Waals surface area (Å²) in [5.74, 6) is -1.90. The van der Waals surface area contributed by atoms with Gasteiger partial charge in [0.05, 0.1) is 0 Å². The Hall–Kier alpha value is -2.60. The van der Waals surface area contributed by atoms with Crippen molar-refractivity contribution in [2.45, 2.75) is 12.6 Å². The third-order valence-corrected chi connectivity index (χ3v) is 3.70. The number of carboxylic acids is 1. The van der Waals surface area contributed by atoms with Crippen LogP contribution in [0.2, 0.25) is 5.02 Å².